The van der Waals surface area contributed by atoms with Crippen LogP contribution in [0, 0.1) is 11.8 Å². The summed E-state index contributed by atoms with van der Waals surface area (Å²) in [7, 11) is 0. The second-order valence-electron chi connectivity index (χ2n) is 5.99. The predicted octanol–water partition coefficient (Wildman–Crippen LogP) is 2.95. The van der Waals surface area contributed by atoms with E-state index in [1.165, 1.54) is 12.8 Å². The van der Waals surface area contributed by atoms with E-state index >= 15 is 0 Å². The van der Waals surface area contributed by atoms with Crippen LogP contribution < -0.4 is 5.32 Å². The summed E-state index contributed by atoms with van der Waals surface area (Å²) in [6.45, 7) is 9.32. The van der Waals surface area contributed by atoms with Crippen molar-refractivity contribution in [1.29, 1.82) is 0 Å². The van der Waals surface area contributed by atoms with E-state index in [4.69, 9.17) is 0 Å². The average Bonchev–Trinajstić information content (AvgIpc) is 2.29. The molecule has 1 aliphatic rings. The van der Waals surface area contributed by atoms with Crippen molar-refractivity contribution in [3.05, 3.63) is 0 Å². The summed E-state index contributed by atoms with van der Waals surface area (Å²) < 4.78 is 0. The Morgan fingerprint density at radius 2 is 2.06 bits per heavy atom. The standard InChI is InChI=1S/C14H29NO/c1-5-12(4)15-14(10-16)8-6-7-13(9-14)11(2)3/h11-13,15-16H,5-10H2,1-4H3. The molecule has 2 heteroatoms. The average molecular weight is 227 g/mol. The summed E-state index contributed by atoms with van der Waals surface area (Å²) >= 11 is 0. The molecule has 2 N–H and O–H groups in total. The van der Waals surface area contributed by atoms with Gasteiger partial charge in [0.25, 0.3) is 0 Å². The van der Waals surface area contributed by atoms with Crippen molar-refractivity contribution in [2.24, 2.45) is 11.8 Å². The third-order valence-electron chi connectivity index (χ3n) is 4.29. The first-order valence-corrected chi connectivity index (χ1v) is 6.91. The van der Waals surface area contributed by atoms with Crippen LogP contribution in [-0.4, -0.2) is 23.3 Å². The molecule has 2 nitrogen and oxygen atoms in total. The van der Waals surface area contributed by atoms with Gasteiger partial charge in [0.1, 0.15) is 0 Å². The third kappa shape index (κ3) is 3.46. The van der Waals surface area contributed by atoms with E-state index in [9.17, 15) is 5.11 Å². The number of nitrogens with one attached hydrogen (secondary N) is 1. The molecule has 0 aromatic heterocycles. The van der Waals surface area contributed by atoms with Crippen LogP contribution in [0.4, 0.5) is 0 Å². The number of aliphatic hydroxyl groups is 1. The fourth-order valence-corrected chi connectivity index (χ4v) is 2.92. The van der Waals surface area contributed by atoms with E-state index in [0.717, 1.165) is 31.1 Å². The van der Waals surface area contributed by atoms with Crippen LogP contribution in [-0.2, 0) is 0 Å². The van der Waals surface area contributed by atoms with Crippen LogP contribution in [0.15, 0.2) is 0 Å². The highest BCUT2D eigenvalue weighted by atomic mass is 16.3. The van der Waals surface area contributed by atoms with Crippen LogP contribution >= 0.6 is 0 Å². The Balaban J connectivity index is 2.63. The van der Waals surface area contributed by atoms with Gasteiger partial charge in [-0.05, 0) is 38.0 Å². The van der Waals surface area contributed by atoms with Gasteiger partial charge in [-0.25, -0.2) is 0 Å². The predicted molar refractivity (Wildman–Crippen MR) is 69.5 cm³/mol. The Hall–Kier alpha value is -0.0800. The maximum absolute atomic E-state index is 9.72. The minimum Gasteiger partial charge on any atom is -0.394 e. The summed E-state index contributed by atoms with van der Waals surface area (Å²) in [6.07, 6.45) is 6.01. The largest absolute Gasteiger partial charge is 0.394 e. The molecule has 96 valence electrons. The summed E-state index contributed by atoms with van der Waals surface area (Å²) in [5, 5.41) is 13.4. The van der Waals surface area contributed by atoms with Gasteiger partial charge < -0.3 is 10.4 Å². The van der Waals surface area contributed by atoms with Crippen molar-refractivity contribution in [1.82, 2.24) is 5.32 Å². The first kappa shape index (κ1) is 14.0. The number of aliphatic hydroxyl groups excluding tert-OH is 1. The summed E-state index contributed by atoms with van der Waals surface area (Å²) in [5.74, 6) is 1.52. The Morgan fingerprint density at radius 1 is 1.38 bits per heavy atom. The highest BCUT2D eigenvalue weighted by Crippen LogP contribution is 2.36. The van der Waals surface area contributed by atoms with Gasteiger partial charge in [-0.2, -0.15) is 0 Å². The molecule has 1 rings (SSSR count). The molecular weight excluding hydrogens is 198 g/mol. The molecule has 0 aromatic carbocycles. The van der Waals surface area contributed by atoms with Crippen LogP contribution in [0.3, 0.4) is 0 Å². The molecule has 1 saturated carbocycles. The van der Waals surface area contributed by atoms with Gasteiger partial charge in [0.05, 0.1) is 6.61 Å². The molecule has 3 atom stereocenters. The molecular formula is C14H29NO. The monoisotopic (exact) mass is 227 g/mol. The number of hydrogen-bond acceptors (Lipinski definition) is 2. The highest BCUT2D eigenvalue weighted by Gasteiger charge is 2.37. The van der Waals surface area contributed by atoms with E-state index in [1.54, 1.807) is 0 Å². The number of hydrogen-bond donors (Lipinski definition) is 2. The first-order chi connectivity index (χ1) is 7.53. The summed E-state index contributed by atoms with van der Waals surface area (Å²) in [6, 6.07) is 0.512. The third-order valence-corrected chi connectivity index (χ3v) is 4.29. The van der Waals surface area contributed by atoms with E-state index in [1.807, 2.05) is 0 Å². The molecule has 3 unspecified atom stereocenters. The second-order valence-corrected chi connectivity index (χ2v) is 5.99. The Labute approximate surface area is 101 Å². The molecule has 0 spiro atoms. The van der Waals surface area contributed by atoms with Gasteiger partial charge in [-0.3, -0.25) is 0 Å². The van der Waals surface area contributed by atoms with Crippen LogP contribution in [0.2, 0.25) is 0 Å². The van der Waals surface area contributed by atoms with Crippen molar-refractivity contribution in [3.63, 3.8) is 0 Å². The Morgan fingerprint density at radius 3 is 2.56 bits per heavy atom. The Bertz CT molecular complexity index is 205. The van der Waals surface area contributed by atoms with E-state index < -0.39 is 0 Å². The first-order valence-electron chi connectivity index (χ1n) is 6.91. The lowest BCUT2D eigenvalue weighted by atomic mass is 9.71. The fourth-order valence-electron chi connectivity index (χ4n) is 2.92. The van der Waals surface area contributed by atoms with E-state index in [0.29, 0.717) is 12.6 Å². The molecule has 0 bridgehead atoms. The molecule has 1 aliphatic carbocycles. The minimum absolute atomic E-state index is 0.00259. The van der Waals surface area contributed by atoms with Gasteiger partial charge in [-0.15, -0.1) is 0 Å². The van der Waals surface area contributed by atoms with E-state index in [-0.39, 0.29) is 5.54 Å². The Kier molecular flexibility index (Phi) is 5.26. The quantitative estimate of drug-likeness (QED) is 0.757. The van der Waals surface area contributed by atoms with Gasteiger partial charge in [0.15, 0.2) is 0 Å². The molecule has 0 heterocycles. The molecule has 0 saturated heterocycles. The fraction of sp³-hybridized carbons (Fsp3) is 1.00. The van der Waals surface area contributed by atoms with Gasteiger partial charge >= 0.3 is 0 Å². The van der Waals surface area contributed by atoms with Gasteiger partial charge in [0.2, 0.25) is 0 Å². The topological polar surface area (TPSA) is 32.3 Å². The lowest BCUT2D eigenvalue weighted by Gasteiger charge is -2.43. The van der Waals surface area contributed by atoms with Crippen molar-refractivity contribution >= 4 is 0 Å². The van der Waals surface area contributed by atoms with Crippen molar-refractivity contribution in [2.75, 3.05) is 6.61 Å². The van der Waals surface area contributed by atoms with Crippen LogP contribution in [0.1, 0.15) is 59.8 Å². The lowest BCUT2D eigenvalue weighted by molar-refractivity contribution is 0.0725. The van der Waals surface area contributed by atoms with Crippen molar-refractivity contribution < 1.29 is 5.11 Å². The second kappa shape index (κ2) is 6.02. The zero-order valence-electron chi connectivity index (χ0n) is 11.4. The molecule has 0 amide bonds. The SMILES string of the molecule is CCC(C)NC1(CO)CCCC(C(C)C)C1. The van der Waals surface area contributed by atoms with Gasteiger partial charge in [0, 0.05) is 11.6 Å². The van der Waals surface area contributed by atoms with E-state index in [2.05, 4.69) is 33.0 Å². The number of rotatable bonds is 5. The summed E-state index contributed by atoms with van der Waals surface area (Å²) in [4.78, 5) is 0. The lowest BCUT2D eigenvalue weighted by Crippen LogP contribution is -2.55. The minimum atomic E-state index is 0.00259. The van der Waals surface area contributed by atoms with Crippen LogP contribution in [0.5, 0.6) is 0 Å². The van der Waals surface area contributed by atoms with Crippen LogP contribution in [0.25, 0.3) is 0 Å². The highest BCUT2D eigenvalue weighted by molar-refractivity contribution is 4.95. The molecule has 0 radical (unpaired) electrons. The smallest absolute Gasteiger partial charge is 0.0613 e. The van der Waals surface area contributed by atoms with Crippen molar-refractivity contribution in [2.45, 2.75) is 71.4 Å². The molecule has 0 aliphatic heterocycles. The zero-order chi connectivity index (χ0) is 12.2. The molecule has 1 fully saturated rings. The normalized spacial score (nSPS) is 33.0. The van der Waals surface area contributed by atoms with Gasteiger partial charge in [-0.1, -0.05) is 33.6 Å². The van der Waals surface area contributed by atoms with Crippen molar-refractivity contribution in [3.8, 4) is 0 Å². The zero-order valence-corrected chi connectivity index (χ0v) is 11.4. The maximum atomic E-state index is 9.72. The molecule has 16 heavy (non-hydrogen) atoms. The molecule has 0 aromatic rings. The summed E-state index contributed by atoms with van der Waals surface area (Å²) in [5.41, 5.74) is 0.00259. The maximum Gasteiger partial charge on any atom is 0.0613 e.